The first kappa shape index (κ1) is 28.6. The van der Waals surface area contributed by atoms with Crippen LogP contribution in [0.5, 0.6) is 0 Å². The van der Waals surface area contributed by atoms with Gasteiger partial charge in [0.05, 0.1) is 6.61 Å². The molecule has 0 fully saturated rings. The van der Waals surface area contributed by atoms with E-state index < -0.39 is 50.2 Å². The number of carbonyl (C=O) groups is 4. The molecule has 13 nitrogen and oxygen atoms in total. The molecular weight excluding hydrogens is 465 g/mol. The van der Waals surface area contributed by atoms with Crippen LogP contribution in [-0.2, 0) is 28.3 Å². The molecule has 0 saturated heterocycles. The van der Waals surface area contributed by atoms with Gasteiger partial charge < -0.3 is 36.4 Å². The Morgan fingerprint density at radius 1 is 1.07 bits per heavy atom. The number of rotatable bonds is 17. The number of nitrogens with one attached hydrogen (secondary N) is 2. The number of phosphoric ester groups is 1. The van der Waals surface area contributed by atoms with Crippen LogP contribution in [0.25, 0.3) is 0 Å². The molecule has 0 aromatic heterocycles. The van der Waals surface area contributed by atoms with Gasteiger partial charge in [0, 0.05) is 29.4 Å². The summed E-state index contributed by atoms with van der Waals surface area (Å²) in [4.78, 5) is 62.5. The molecule has 0 rings (SSSR count). The summed E-state index contributed by atoms with van der Waals surface area (Å²) in [7, 11) is -4.48. The number of carbonyl (C=O) groups excluding carboxylic acids is 2. The van der Waals surface area contributed by atoms with Crippen LogP contribution in [-0.4, -0.2) is 92.0 Å². The van der Waals surface area contributed by atoms with Crippen LogP contribution >= 0.6 is 31.3 Å². The van der Waals surface area contributed by atoms with Gasteiger partial charge in [-0.3, -0.25) is 23.7 Å². The van der Waals surface area contributed by atoms with Gasteiger partial charge in [0.15, 0.2) is 0 Å². The predicted octanol–water partition coefficient (Wildman–Crippen LogP) is -1.56. The molecule has 0 heterocycles. The molecular formula is C14H26N3O10PS2. The summed E-state index contributed by atoms with van der Waals surface area (Å²) < 4.78 is 14.8. The van der Waals surface area contributed by atoms with Crippen molar-refractivity contribution in [1.29, 1.82) is 0 Å². The number of thioether (sulfide) groups is 2. The van der Waals surface area contributed by atoms with Crippen molar-refractivity contribution in [2.24, 2.45) is 5.73 Å². The maximum absolute atomic E-state index is 12.1. The van der Waals surface area contributed by atoms with E-state index in [1.54, 1.807) is 0 Å². The highest BCUT2D eigenvalue weighted by molar-refractivity contribution is 8.02. The molecule has 0 aliphatic rings. The highest BCUT2D eigenvalue weighted by Crippen LogP contribution is 2.35. The molecule has 0 radical (unpaired) electrons. The molecule has 0 aliphatic heterocycles. The summed E-state index contributed by atoms with van der Waals surface area (Å²) in [5, 5.41) is 22.0. The first-order valence-corrected chi connectivity index (χ1v) is 12.4. The van der Waals surface area contributed by atoms with Gasteiger partial charge in [0.1, 0.15) is 18.6 Å². The lowest BCUT2D eigenvalue weighted by Crippen LogP contribution is -2.49. The third-order valence-corrected chi connectivity index (χ3v) is 6.00. The Labute approximate surface area is 181 Å². The van der Waals surface area contributed by atoms with Crippen LogP contribution in [0, 0.1) is 0 Å². The van der Waals surface area contributed by atoms with Crippen LogP contribution in [0.1, 0.15) is 12.8 Å². The van der Waals surface area contributed by atoms with Gasteiger partial charge >= 0.3 is 19.8 Å². The molecule has 0 aliphatic carbocycles. The standard InChI is InChI=1S/C14H26N3O10PS2/c15-9(14(22)23)1-2-11(18)17-10(13(21)16-7-12(19)20)8-30-6-5-29-4-3-27-28(24,25)26/h9-10H,1-8,15H2,(H,16,21)(H,17,18)(H,19,20)(H,22,23)(H2,24,25,26)/t9-,10-/m0/s1. The minimum Gasteiger partial charge on any atom is -0.480 e. The largest absolute Gasteiger partial charge is 0.480 e. The quantitative estimate of drug-likeness (QED) is 0.0903. The molecule has 8 N–H and O–H groups in total. The minimum absolute atomic E-state index is 0.117. The Kier molecular flexibility index (Phi) is 14.8. The van der Waals surface area contributed by atoms with Crippen molar-refractivity contribution in [1.82, 2.24) is 10.6 Å². The number of hydrogen-bond donors (Lipinski definition) is 7. The van der Waals surface area contributed by atoms with Crippen molar-refractivity contribution in [3.05, 3.63) is 0 Å². The lowest BCUT2D eigenvalue weighted by molar-refractivity contribution is -0.139. The molecule has 0 saturated carbocycles. The van der Waals surface area contributed by atoms with Gasteiger partial charge in [-0.1, -0.05) is 0 Å². The molecule has 2 amide bonds. The Balaban J connectivity index is 4.38. The van der Waals surface area contributed by atoms with Gasteiger partial charge in [-0.15, -0.1) is 0 Å². The fourth-order valence-electron chi connectivity index (χ4n) is 1.78. The third kappa shape index (κ3) is 16.4. The highest BCUT2D eigenvalue weighted by Gasteiger charge is 2.22. The number of carboxylic acids is 2. The Bertz CT molecular complexity index is 633. The third-order valence-electron chi connectivity index (χ3n) is 3.21. The van der Waals surface area contributed by atoms with Crippen molar-refractivity contribution < 1.29 is 48.3 Å². The van der Waals surface area contributed by atoms with Crippen molar-refractivity contribution in [3.8, 4) is 0 Å². The summed E-state index contributed by atoms with van der Waals surface area (Å²) in [5.41, 5.74) is 5.33. The van der Waals surface area contributed by atoms with Crippen LogP contribution in [0.2, 0.25) is 0 Å². The first-order chi connectivity index (χ1) is 13.9. The van der Waals surface area contributed by atoms with Gasteiger partial charge in [-0.05, 0) is 6.42 Å². The summed E-state index contributed by atoms with van der Waals surface area (Å²) in [5.74, 6) is -2.16. The molecule has 16 heteroatoms. The van der Waals surface area contributed by atoms with Crippen LogP contribution in [0.15, 0.2) is 0 Å². The summed E-state index contributed by atoms with van der Waals surface area (Å²) >= 11 is 2.67. The van der Waals surface area contributed by atoms with Crippen LogP contribution in [0.3, 0.4) is 0 Å². The maximum atomic E-state index is 12.1. The highest BCUT2D eigenvalue weighted by atomic mass is 32.2. The Hall–Kier alpha value is -1.35. The van der Waals surface area contributed by atoms with Gasteiger partial charge in [-0.25, -0.2) is 4.57 Å². The number of carboxylic acid groups (broad SMARTS) is 2. The van der Waals surface area contributed by atoms with E-state index in [-0.39, 0.29) is 25.2 Å². The number of nitrogens with two attached hydrogens (primary N) is 1. The lowest BCUT2D eigenvalue weighted by atomic mass is 10.1. The maximum Gasteiger partial charge on any atom is 0.469 e. The molecule has 0 aromatic carbocycles. The van der Waals surface area contributed by atoms with Gasteiger partial charge in [0.25, 0.3) is 0 Å². The normalized spacial score (nSPS) is 13.3. The zero-order valence-corrected chi connectivity index (χ0v) is 18.4. The fourth-order valence-corrected chi connectivity index (χ4v) is 4.22. The zero-order chi connectivity index (χ0) is 23.2. The summed E-state index contributed by atoms with van der Waals surface area (Å²) in [6, 6.07) is -2.23. The van der Waals surface area contributed by atoms with E-state index in [0.717, 1.165) is 0 Å². The van der Waals surface area contributed by atoms with E-state index >= 15 is 0 Å². The van der Waals surface area contributed by atoms with E-state index in [4.69, 9.17) is 25.7 Å². The summed E-state index contributed by atoms with van der Waals surface area (Å²) in [6.45, 7) is -0.733. The smallest absolute Gasteiger partial charge is 0.469 e. The molecule has 2 atom stereocenters. The Morgan fingerprint density at radius 2 is 1.70 bits per heavy atom. The first-order valence-electron chi connectivity index (χ1n) is 8.55. The molecule has 0 spiro atoms. The van der Waals surface area contributed by atoms with Crippen molar-refractivity contribution in [2.45, 2.75) is 24.9 Å². The molecule has 0 bridgehead atoms. The van der Waals surface area contributed by atoms with Gasteiger partial charge in [-0.2, -0.15) is 23.5 Å². The molecule has 0 aromatic rings. The SMILES string of the molecule is N[C@@H](CCC(=O)N[C@@H](CSCCSCCOP(=O)(O)O)C(=O)NCC(=O)O)C(=O)O. The number of amides is 2. The molecule has 174 valence electrons. The van der Waals surface area contributed by atoms with E-state index in [0.29, 0.717) is 17.3 Å². The predicted molar refractivity (Wildman–Crippen MR) is 110 cm³/mol. The zero-order valence-electron chi connectivity index (χ0n) is 15.9. The lowest BCUT2D eigenvalue weighted by Gasteiger charge is -2.18. The monoisotopic (exact) mass is 491 g/mol. The second kappa shape index (κ2) is 15.5. The van der Waals surface area contributed by atoms with Crippen molar-refractivity contribution >= 4 is 55.1 Å². The second-order valence-electron chi connectivity index (χ2n) is 5.73. The second-order valence-corrected chi connectivity index (χ2v) is 9.34. The minimum atomic E-state index is -4.48. The number of aliphatic carboxylic acids is 2. The molecule has 0 unspecified atom stereocenters. The topological polar surface area (TPSA) is 226 Å². The van der Waals surface area contributed by atoms with Crippen LogP contribution in [0.4, 0.5) is 0 Å². The Morgan fingerprint density at radius 3 is 2.27 bits per heavy atom. The average molecular weight is 491 g/mol. The van der Waals surface area contributed by atoms with E-state index in [1.165, 1.54) is 23.5 Å². The summed E-state index contributed by atoms with van der Waals surface area (Å²) in [6.07, 6.45) is -0.332. The average Bonchev–Trinajstić information content (AvgIpc) is 2.64. The van der Waals surface area contributed by atoms with Crippen LogP contribution < -0.4 is 16.4 Å². The van der Waals surface area contributed by atoms with Crippen molar-refractivity contribution in [3.63, 3.8) is 0 Å². The van der Waals surface area contributed by atoms with Crippen molar-refractivity contribution in [2.75, 3.05) is 36.2 Å². The number of phosphoric acid groups is 1. The van der Waals surface area contributed by atoms with Gasteiger partial charge in [0.2, 0.25) is 11.8 Å². The molecule has 30 heavy (non-hydrogen) atoms. The van der Waals surface area contributed by atoms with E-state index in [1.807, 2.05) is 0 Å². The number of hydrogen-bond acceptors (Lipinski definition) is 9. The van der Waals surface area contributed by atoms with E-state index in [2.05, 4.69) is 15.2 Å². The fraction of sp³-hybridized carbons (Fsp3) is 0.714. The van der Waals surface area contributed by atoms with E-state index in [9.17, 15) is 23.7 Å².